The molecule has 15 heavy (non-hydrogen) atoms. The average molecular weight is 200 g/mol. The van der Waals surface area contributed by atoms with Crippen molar-refractivity contribution in [2.45, 2.75) is 0 Å². The Hall–Kier alpha value is -1.96. The molecular formula is C13H11FN+. The molecule has 0 amide bonds. The van der Waals surface area contributed by atoms with Gasteiger partial charge in [0.1, 0.15) is 5.82 Å². The summed E-state index contributed by atoms with van der Waals surface area (Å²) in [5.74, 6) is -0.222. The molecule has 1 aromatic carbocycles. The van der Waals surface area contributed by atoms with Crippen molar-refractivity contribution >= 4 is 6.08 Å². The van der Waals surface area contributed by atoms with Crippen molar-refractivity contribution in [1.82, 2.24) is 0 Å². The van der Waals surface area contributed by atoms with E-state index in [0.29, 0.717) is 0 Å². The van der Waals surface area contributed by atoms with E-state index in [1.54, 1.807) is 12.1 Å². The summed E-state index contributed by atoms with van der Waals surface area (Å²) in [6, 6.07) is 10.4. The van der Waals surface area contributed by atoms with Crippen molar-refractivity contribution in [2.24, 2.45) is 0 Å². The van der Waals surface area contributed by atoms with Crippen molar-refractivity contribution in [3.8, 4) is 11.1 Å². The quantitative estimate of drug-likeness (QED) is 0.707. The fraction of sp³-hybridized carbons (Fsp3) is 0. The minimum absolute atomic E-state index is 0.222. The van der Waals surface area contributed by atoms with E-state index < -0.39 is 0 Å². The Balaban J connectivity index is 2.41. The Bertz CT molecular complexity index is 474. The number of benzene rings is 1. The second-order valence-electron chi connectivity index (χ2n) is 3.25. The normalized spacial score (nSPS) is 9.93. The molecule has 0 aliphatic rings. The van der Waals surface area contributed by atoms with E-state index in [9.17, 15) is 4.39 Å². The number of pyridine rings is 1. The lowest BCUT2D eigenvalue weighted by Crippen LogP contribution is -2.05. The highest BCUT2D eigenvalue weighted by Crippen LogP contribution is 2.18. The smallest absolute Gasteiger partial charge is 0.202 e. The molecule has 0 bridgehead atoms. The number of halogens is 1. The highest BCUT2D eigenvalue weighted by molar-refractivity contribution is 5.62. The van der Waals surface area contributed by atoms with Crippen LogP contribution in [0, 0.1) is 5.82 Å². The SMILES string of the molecule is C=Cc1ccc(-c2cccc(F)c2)c[nH+]1. The first-order valence-electron chi connectivity index (χ1n) is 4.70. The second-order valence-corrected chi connectivity index (χ2v) is 3.25. The van der Waals surface area contributed by atoms with E-state index in [1.165, 1.54) is 12.1 Å². The molecule has 1 nitrogen and oxygen atoms in total. The summed E-state index contributed by atoms with van der Waals surface area (Å²) in [4.78, 5) is 3.06. The van der Waals surface area contributed by atoms with Crippen LogP contribution in [-0.2, 0) is 0 Å². The van der Waals surface area contributed by atoms with Crippen LogP contribution < -0.4 is 4.98 Å². The van der Waals surface area contributed by atoms with Gasteiger partial charge >= 0.3 is 0 Å². The third-order valence-corrected chi connectivity index (χ3v) is 2.21. The van der Waals surface area contributed by atoms with Gasteiger partial charge in [0.25, 0.3) is 0 Å². The Morgan fingerprint density at radius 2 is 2.00 bits per heavy atom. The molecule has 0 saturated heterocycles. The number of hydrogen-bond donors (Lipinski definition) is 0. The van der Waals surface area contributed by atoms with Gasteiger partial charge in [0, 0.05) is 17.7 Å². The van der Waals surface area contributed by atoms with E-state index >= 15 is 0 Å². The van der Waals surface area contributed by atoms with Crippen LogP contribution in [0.2, 0.25) is 0 Å². The maximum atomic E-state index is 13.0. The predicted molar refractivity (Wildman–Crippen MR) is 58.5 cm³/mol. The number of aromatic nitrogens is 1. The van der Waals surface area contributed by atoms with Crippen molar-refractivity contribution in [1.29, 1.82) is 0 Å². The van der Waals surface area contributed by atoms with E-state index in [2.05, 4.69) is 11.6 Å². The zero-order chi connectivity index (χ0) is 10.7. The molecule has 0 spiro atoms. The Morgan fingerprint density at radius 3 is 2.60 bits per heavy atom. The molecule has 2 heteroatoms. The molecule has 0 aliphatic carbocycles. The van der Waals surface area contributed by atoms with Crippen molar-refractivity contribution in [3.63, 3.8) is 0 Å². The maximum Gasteiger partial charge on any atom is 0.202 e. The lowest BCUT2D eigenvalue weighted by Gasteiger charge is -1.98. The standard InChI is InChI=1S/C13H10FN/c1-2-13-7-6-11(9-15-13)10-4-3-5-12(14)8-10/h2-9H,1H2/p+1. The molecule has 0 atom stereocenters. The largest absolute Gasteiger partial charge is 0.211 e. The van der Waals surface area contributed by atoms with Crippen LogP contribution >= 0.6 is 0 Å². The van der Waals surface area contributed by atoms with Gasteiger partial charge in [0.2, 0.25) is 5.69 Å². The highest BCUT2D eigenvalue weighted by Gasteiger charge is 2.02. The van der Waals surface area contributed by atoms with Gasteiger partial charge in [0.05, 0.1) is 0 Å². The third kappa shape index (κ3) is 2.10. The minimum Gasteiger partial charge on any atom is -0.211 e. The zero-order valence-corrected chi connectivity index (χ0v) is 8.20. The minimum atomic E-state index is -0.222. The summed E-state index contributed by atoms with van der Waals surface area (Å²) in [6.07, 6.45) is 3.57. The van der Waals surface area contributed by atoms with Gasteiger partial charge in [-0.15, -0.1) is 0 Å². The molecule has 74 valence electrons. The van der Waals surface area contributed by atoms with Crippen LogP contribution in [-0.4, -0.2) is 0 Å². The van der Waals surface area contributed by atoms with Crippen LogP contribution in [0.15, 0.2) is 49.2 Å². The van der Waals surface area contributed by atoms with Crippen LogP contribution in [0.25, 0.3) is 17.2 Å². The Kier molecular flexibility index (Phi) is 2.59. The maximum absolute atomic E-state index is 13.0. The number of hydrogen-bond acceptors (Lipinski definition) is 0. The Morgan fingerprint density at radius 1 is 1.13 bits per heavy atom. The van der Waals surface area contributed by atoms with Gasteiger partial charge in [-0.2, -0.15) is 0 Å². The highest BCUT2D eigenvalue weighted by atomic mass is 19.1. The number of H-pyrrole nitrogens is 1. The lowest BCUT2D eigenvalue weighted by atomic mass is 10.1. The molecule has 2 aromatic rings. The summed E-state index contributed by atoms with van der Waals surface area (Å²) >= 11 is 0. The fourth-order valence-electron chi connectivity index (χ4n) is 1.41. The molecule has 1 aromatic heterocycles. The van der Waals surface area contributed by atoms with Crippen LogP contribution in [0.4, 0.5) is 4.39 Å². The molecular weight excluding hydrogens is 189 g/mol. The third-order valence-electron chi connectivity index (χ3n) is 2.21. The Labute approximate surface area is 87.9 Å². The first kappa shape index (κ1) is 9.59. The summed E-state index contributed by atoms with van der Waals surface area (Å²) in [5, 5.41) is 0. The molecule has 0 radical (unpaired) electrons. The van der Waals surface area contributed by atoms with Gasteiger partial charge in [0.15, 0.2) is 6.20 Å². The first-order chi connectivity index (χ1) is 7.29. The number of nitrogens with one attached hydrogen (secondary N) is 1. The van der Waals surface area contributed by atoms with Crippen LogP contribution in [0.1, 0.15) is 5.69 Å². The molecule has 0 unspecified atom stereocenters. The van der Waals surface area contributed by atoms with Gasteiger partial charge < -0.3 is 0 Å². The van der Waals surface area contributed by atoms with Crippen molar-refractivity contribution < 1.29 is 9.37 Å². The summed E-state index contributed by atoms with van der Waals surface area (Å²) in [6.45, 7) is 3.66. The lowest BCUT2D eigenvalue weighted by molar-refractivity contribution is -0.380. The summed E-state index contributed by atoms with van der Waals surface area (Å²) in [7, 11) is 0. The topological polar surface area (TPSA) is 14.1 Å². The summed E-state index contributed by atoms with van der Waals surface area (Å²) < 4.78 is 13.0. The van der Waals surface area contributed by atoms with Crippen molar-refractivity contribution in [2.75, 3.05) is 0 Å². The molecule has 1 heterocycles. The monoisotopic (exact) mass is 200 g/mol. The molecule has 0 fully saturated rings. The second kappa shape index (κ2) is 4.05. The molecule has 0 saturated carbocycles. The predicted octanol–water partition coefficient (Wildman–Crippen LogP) is 2.95. The number of aromatic amines is 1. The summed E-state index contributed by atoms with van der Waals surface area (Å²) in [5.41, 5.74) is 2.76. The number of rotatable bonds is 2. The van der Waals surface area contributed by atoms with E-state index in [4.69, 9.17) is 0 Å². The zero-order valence-electron chi connectivity index (χ0n) is 8.20. The van der Waals surface area contributed by atoms with E-state index in [0.717, 1.165) is 16.8 Å². The van der Waals surface area contributed by atoms with Gasteiger partial charge in [-0.05, 0) is 23.8 Å². The molecule has 1 N–H and O–H groups in total. The van der Waals surface area contributed by atoms with E-state index in [-0.39, 0.29) is 5.82 Å². The van der Waals surface area contributed by atoms with Gasteiger partial charge in [-0.25, -0.2) is 9.37 Å². The first-order valence-corrected chi connectivity index (χ1v) is 4.70. The average Bonchev–Trinajstić information content (AvgIpc) is 2.29. The fourth-order valence-corrected chi connectivity index (χ4v) is 1.41. The van der Waals surface area contributed by atoms with E-state index in [1.807, 2.05) is 24.4 Å². The van der Waals surface area contributed by atoms with Gasteiger partial charge in [-0.1, -0.05) is 18.7 Å². The van der Waals surface area contributed by atoms with Crippen molar-refractivity contribution in [3.05, 3.63) is 60.7 Å². The van der Waals surface area contributed by atoms with Gasteiger partial charge in [-0.3, -0.25) is 0 Å². The van der Waals surface area contributed by atoms with Crippen LogP contribution in [0.5, 0.6) is 0 Å². The molecule has 0 aliphatic heterocycles. The molecule has 2 rings (SSSR count). The van der Waals surface area contributed by atoms with Crippen LogP contribution in [0.3, 0.4) is 0 Å².